The van der Waals surface area contributed by atoms with Crippen LogP contribution in [0.4, 0.5) is 5.69 Å². The summed E-state index contributed by atoms with van der Waals surface area (Å²) in [4.78, 5) is 27.1. The number of rotatable bonds is 3. The fraction of sp³-hybridized carbons (Fsp3) is 0.556. The van der Waals surface area contributed by atoms with E-state index in [1.807, 2.05) is 12.1 Å². The molecule has 1 aromatic carbocycles. The van der Waals surface area contributed by atoms with Gasteiger partial charge in [-0.05, 0) is 36.5 Å². The third-order valence-electron chi connectivity index (χ3n) is 5.08. The van der Waals surface area contributed by atoms with Gasteiger partial charge < -0.3 is 15.5 Å². The van der Waals surface area contributed by atoms with E-state index in [1.54, 1.807) is 25.1 Å². The fourth-order valence-electron chi connectivity index (χ4n) is 4.03. The van der Waals surface area contributed by atoms with Crippen molar-refractivity contribution in [2.75, 3.05) is 19.4 Å². The first-order valence-corrected chi connectivity index (χ1v) is 8.72. The first-order chi connectivity index (χ1) is 11.3. The number of fused-ring (bicyclic) bond motifs is 2. The highest BCUT2D eigenvalue weighted by atomic mass is 35.5. The molecule has 0 bridgehead atoms. The van der Waals surface area contributed by atoms with Gasteiger partial charge in [0.05, 0.1) is 11.5 Å². The molecular weight excluding hydrogens is 358 g/mol. The van der Waals surface area contributed by atoms with Crippen LogP contribution in [0.3, 0.4) is 0 Å². The lowest BCUT2D eigenvalue weighted by Crippen LogP contribution is -2.47. The van der Waals surface area contributed by atoms with Crippen molar-refractivity contribution in [3.8, 4) is 0 Å². The Bertz CT molecular complexity index is 695. The third kappa shape index (κ3) is 3.27. The molecule has 2 N–H and O–H groups in total. The molecule has 0 unspecified atom stereocenters. The molecule has 7 heteroatoms. The normalized spacial score (nSPS) is 27.2. The molecule has 1 aromatic rings. The zero-order chi connectivity index (χ0) is 17.6. The molecule has 2 aliphatic rings. The van der Waals surface area contributed by atoms with E-state index < -0.39 is 5.41 Å². The molecule has 0 aromatic heterocycles. The topological polar surface area (TPSA) is 61.4 Å². The second-order valence-corrected chi connectivity index (χ2v) is 7.89. The van der Waals surface area contributed by atoms with E-state index in [-0.39, 0.29) is 37.4 Å². The van der Waals surface area contributed by atoms with Crippen LogP contribution in [0.5, 0.6) is 0 Å². The van der Waals surface area contributed by atoms with Gasteiger partial charge in [-0.3, -0.25) is 9.59 Å². The van der Waals surface area contributed by atoms with Crippen LogP contribution in [0, 0.1) is 5.92 Å². The number of amides is 2. The molecule has 2 heterocycles. The molecule has 2 amide bonds. The predicted octanol–water partition coefficient (Wildman–Crippen LogP) is 2.51. The molecule has 0 radical (unpaired) electrons. The average Bonchev–Trinajstić information content (AvgIpc) is 2.98. The highest BCUT2D eigenvalue weighted by molar-refractivity contribution is 7.59. The summed E-state index contributed by atoms with van der Waals surface area (Å²) in [6, 6.07) is 5.10. The van der Waals surface area contributed by atoms with Gasteiger partial charge in [-0.2, -0.15) is 13.5 Å². The van der Waals surface area contributed by atoms with E-state index in [0.29, 0.717) is 17.4 Å². The van der Waals surface area contributed by atoms with Crippen LogP contribution >= 0.6 is 25.1 Å². The average molecular weight is 384 g/mol. The van der Waals surface area contributed by atoms with Crippen LogP contribution in [-0.2, 0) is 15.0 Å². The van der Waals surface area contributed by atoms with Crippen molar-refractivity contribution >= 4 is 42.6 Å². The van der Waals surface area contributed by atoms with E-state index >= 15 is 0 Å². The van der Waals surface area contributed by atoms with Gasteiger partial charge in [0.2, 0.25) is 11.8 Å². The summed E-state index contributed by atoms with van der Waals surface area (Å²) in [5.41, 5.74) is 1.01. The van der Waals surface area contributed by atoms with Crippen LogP contribution in [0.25, 0.3) is 0 Å². The van der Waals surface area contributed by atoms with Crippen molar-refractivity contribution in [3.63, 3.8) is 0 Å². The molecule has 1 saturated heterocycles. The quantitative estimate of drug-likeness (QED) is 0.843. The van der Waals surface area contributed by atoms with Crippen molar-refractivity contribution in [2.24, 2.45) is 5.92 Å². The highest BCUT2D eigenvalue weighted by Gasteiger charge is 2.58. The molecule has 138 valence electrons. The molecule has 0 aliphatic carbocycles. The maximum absolute atomic E-state index is 13.0. The smallest absolute Gasteiger partial charge is 0.239 e. The summed E-state index contributed by atoms with van der Waals surface area (Å²) in [6.45, 7) is 4.26. The van der Waals surface area contributed by atoms with Gasteiger partial charge in [-0.1, -0.05) is 31.5 Å². The van der Waals surface area contributed by atoms with E-state index in [0.717, 1.165) is 17.7 Å². The molecule has 3 rings (SSSR count). The van der Waals surface area contributed by atoms with Crippen LogP contribution < -0.4 is 10.6 Å². The number of likely N-dealkylation sites (N-methyl/N-ethyl adjacent to an activating group) is 1. The first-order valence-electron chi connectivity index (χ1n) is 8.34. The summed E-state index contributed by atoms with van der Waals surface area (Å²) < 4.78 is 0. The zero-order valence-electron chi connectivity index (χ0n) is 15.0. The van der Waals surface area contributed by atoms with E-state index in [4.69, 9.17) is 11.6 Å². The molecule has 5 nitrogen and oxygen atoms in total. The summed E-state index contributed by atoms with van der Waals surface area (Å²) in [7, 11) is 3.49. The second kappa shape index (κ2) is 7.17. The third-order valence-corrected chi connectivity index (χ3v) is 5.32. The van der Waals surface area contributed by atoms with E-state index in [1.165, 1.54) is 0 Å². The Morgan fingerprint density at radius 1 is 1.40 bits per heavy atom. The van der Waals surface area contributed by atoms with Crippen molar-refractivity contribution in [1.82, 2.24) is 10.2 Å². The Hall–Kier alpha value is -1.24. The molecule has 3 atom stereocenters. The van der Waals surface area contributed by atoms with Crippen molar-refractivity contribution in [3.05, 3.63) is 28.8 Å². The van der Waals surface area contributed by atoms with Crippen LogP contribution in [0.15, 0.2) is 18.2 Å². The lowest BCUT2D eigenvalue weighted by molar-refractivity contribution is -0.130. The van der Waals surface area contributed by atoms with Gasteiger partial charge in [-0.25, -0.2) is 0 Å². The standard InChI is InChI=1S/C18H24ClN3O2.H2S/c1-10(2)7-15-18(9-14(20-15)16(23)22(3)4)12-6-5-11(19)8-13(12)21-17(18)24;/h5-6,8,10,14-15,20H,7,9H2,1-4H3,(H,21,24);1H2/t14-,15-,18+;/m1./s1. The SMILES string of the molecule is CC(C)C[C@H]1N[C@@H](C(=O)N(C)C)C[C@@]12C(=O)Nc1cc(Cl)ccc12.S. The van der Waals surface area contributed by atoms with Crippen LogP contribution in [0.1, 0.15) is 32.3 Å². The molecule has 0 saturated carbocycles. The number of benzene rings is 1. The zero-order valence-corrected chi connectivity index (χ0v) is 16.8. The van der Waals surface area contributed by atoms with Crippen LogP contribution in [0.2, 0.25) is 5.02 Å². The molecule has 25 heavy (non-hydrogen) atoms. The van der Waals surface area contributed by atoms with Crippen molar-refractivity contribution < 1.29 is 9.59 Å². The lowest BCUT2D eigenvalue weighted by Gasteiger charge is -2.30. The van der Waals surface area contributed by atoms with Crippen molar-refractivity contribution in [1.29, 1.82) is 0 Å². The predicted molar refractivity (Wildman–Crippen MR) is 106 cm³/mol. The summed E-state index contributed by atoms with van der Waals surface area (Å²) in [5, 5.41) is 7.01. The van der Waals surface area contributed by atoms with Gasteiger partial charge >= 0.3 is 0 Å². The fourth-order valence-corrected chi connectivity index (χ4v) is 4.20. The van der Waals surface area contributed by atoms with E-state index in [9.17, 15) is 9.59 Å². The van der Waals surface area contributed by atoms with Gasteiger partial charge in [-0.15, -0.1) is 0 Å². The van der Waals surface area contributed by atoms with Gasteiger partial charge in [0.15, 0.2) is 0 Å². The Morgan fingerprint density at radius 3 is 2.68 bits per heavy atom. The molecule has 1 spiro atoms. The number of nitrogens with one attached hydrogen (secondary N) is 2. The number of anilines is 1. The number of nitrogens with zero attached hydrogens (tertiary/aromatic N) is 1. The number of hydrogen-bond donors (Lipinski definition) is 2. The minimum Gasteiger partial charge on any atom is -0.347 e. The second-order valence-electron chi connectivity index (χ2n) is 7.45. The van der Waals surface area contributed by atoms with Gasteiger partial charge in [0.1, 0.15) is 0 Å². The molecular formula is C18H26ClN3O2S. The minimum atomic E-state index is -0.708. The molecule has 1 fully saturated rings. The van der Waals surface area contributed by atoms with Crippen molar-refractivity contribution in [2.45, 2.75) is 44.2 Å². The van der Waals surface area contributed by atoms with Gasteiger partial charge in [0.25, 0.3) is 0 Å². The monoisotopic (exact) mass is 383 g/mol. The maximum atomic E-state index is 13.0. The number of hydrogen-bond acceptors (Lipinski definition) is 3. The number of carbonyl (C=O) groups excluding carboxylic acids is 2. The minimum absolute atomic E-state index is 0. The van der Waals surface area contributed by atoms with Gasteiger partial charge in [0, 0.05) is 30.8 Å². The summed E-state index contributed by atoms with van der Waals surface area (Å²) in [6.07, 6.45) is 1.30. The maximum Gasteiger partial charge on any atom is 0.239 e. The van der Waals surface area contributed by atoms with Crippen LogP contribution in [-0.4, -0.2) is 42.9 Å². The first kappa shape index (κ1) is 20.1. The number of carbonyl (C=O) groups is 2. The Balaban J connectivity index is 0.00000225. The highest BCUT2D eigenvalue weighted by Crippen LogP contribution is 2.49. The summed E-state index contributed by atoms with van der Waals surface area (Å²) in [5.74, 6) is 0.388. The largest absolute Gasteiger partial charge is 0.347 e. The lowest BCUT2D eigenvalue weighted by atomic mass is 9.72. The Morgan fingerprint density at radius 2 is 2.08 bits per heavy atom. The molecule has 2 aliphatic heterocycles. The summed E-state index contributed by atoms with van der Waals surface area (Å²) >= 11 is 6.08. The Kier molecular flexibility index (Phi) is 5.76. The Labute approximate surface area is 160 Å². The van der Waals surface area contributed by atoms with E-state index in [2.05, 4.69) is 24.5 Å². The number of halogens is 1.